The van der Waals surface area contributed by atoms with E-state index in [1.54, 1.807) is 0 Å². The van der Waals surface area contributed by atoms with Crippen LogP contribution in [0.15, 0.2) is 53.4 Å². The molecule has 0 atom stereocenters. The maximum Gasteiger partial charge on any atom is 0.303 e. The molecule has 1 aromatic heterocycles. The van der Waals surface area contributed by atoms with Gasteiger partial charge in [0.2, 0.25) is 0 Å². The van der Waals surface area contributed by atoms with E-state index < -0.39 is 0 Å². The fourth-order valence-corrected chi connectivity index (χ4v) is 3.45. The molecule has 0 radical (unpaired) electrons. The minimum atomic E-state index is -0.290. The van der Waals surface area contributed by atoms with Gasteiger partial charge in [0.25, 0.3) is 0 Å². The van der Waals surface area contributed by atoms with Crippen molar-refractivity contribution in [2.45, 2.75) is 11.8 Å². The average Bonchev–Trinajstić information content (AvgIpc) is 2.97. The van der Waals surface area contributed by atoms with Crippen LogP contribution >= 0.6 is 35.0 Å². The van der Waals surface area contributed by atoms with E-state index in [4.69, 9.17) is 27.9 Å². The third-order valence-electron chi connectivity index (χ3n) is 3.45. The Morgan fingerprint density at radius 2 is 1.92 bits per heavy atom. The van der Waals surface area contributed by atoms with E-state index in [1.165, 1.54) is 18.7 Å². The number of hydrogen-bond acceptors (Lipinski definition) is 4. The predicted octanol–water partition coefficient (Wildman–Crippen LogP) is 5.66. The van der Waals surface area contributed by atoms with Crippen LogP contribution in [-0.2, 0) is 9.53 Å². The van der Waals surface area contributed by atoms with Crippen LogP contribution in [-0.4, -0.2) is 22.1 Å². The van der Waals surface area contributed by atoms with Gasteiger partial charge in [0.15, 0.2) is 0 Å². The van der Waals surface area contributed by atoms with Crippen LogP contribution in [0.3, 0.4) is 0 Å². The van der Waals surface area contributed by atoms with Crippen LogP contribution in [0.2, 0.25) is 10.2 Å². The number of carbonyl (C=O) groups excluding carboxylic acids is 1. The number of nitrogens with one attached hydrogen (secondary N) is 1. The van der Waals surface area contributed by atoms with Gasteiger partial charge in [0.1, 0.15) is 16.8 Å². The lowest BCUT2D eigenvalue weighted by atomic mass is 10.0. The Labute approximate surface area is 159 Å². The first-order valence-electron chi connectivity index (χ1n) is 7.41. The van der Waals surface area contributed by atoms with Crippen molar-refractivity contribution >= 4 is 40.9 Å². The number of hydrogen-bond donors (Lipinski definition) is 1. The van der Waals surface area contributed by atoms with E-state index in [1.807, 2.05) is 48.5 Å². The zero-order valence-electron chi connectivity index (χ0n) is 13.3. The summed E-state index contributed by atoms with van der Waals surface area (Å²) < 4.78 is 4.93. The number of carbonyl (C=O) groups is 1. The fraction of sp³-hybridized carbons (Fsp3) is 0.111. The standard InChI is InChI=1S/C18H14Cl2N2O2S/c1-11(23)24-10-25-15-7-5-12(6-8-15)17-16(18(20)22-21-17)13-3-2-4-14(19)9-13/h2-9H,10H2,1H3,(H,21,22). The Morgan fingerprint density at radius 3 is 2.60 bits per heavy atom. The molecule has 0 spiro atoms. The number of thioether (sulfide) groups is 1. The van der Waals surface area contributed by atoms with Crippen molar-refractivity contribution in [3.8, 4) is 22.4 Å². The molecule has 1 N–H and O–H groups in total. The molecule has 0 saturated carbocycles. The fourth-order valence-electron chi connectivity index (χ4n) is 2.33. The van der Waals surface area contributed by atoms with E-state index in [2.05, 4.69) is 10.2 Å². The lowest BCUT2D eigenvalue weighted by Crippen LogP contribution is -1.96. The molecule has 25 heavy (non-hydrogen) atoms. The third-order valence-corrected chi connectivity index (χ3v) is 4.80. The third kappa shape index (κ3) is 4.37. The summed E-state index contributed by atoms with van der Waals surface area (Å²) in [4.78, 5) is 11.8. The summed E-state index contributed by atoms with van der Waals surface area (Å²) in [6.45, 7) is 1.39. The quantitative estimate of drug-likeness (QED) is 0.345. The number of benzene rings is 2. The molecule has 128 valence electrons. The van der Waals surface area contributed by atoms with E-state index in [9.17, 15) is 4.79 Å². The summed E-state index contributed by atoms with van der Waals surface area (Å²) in [5, 5.41) is 8.26. The Morgan fingerprint density at radius 1 is 1.16 bits per heavy atom. The van der Waals surface area contributed by atoms with Crippen LogP contribution in [0.25, 0.3) is 22.4 Å². The first kappa shape index (κ1) is 17.9. The molecule has 0 amide bonds. The second-order valence-corrected chi connectivity index (χ2v) is 7.00. The minimum Gasteiger partial charge on any atom is -0.454 e. The lowest BCUT2D eigenvalue weighted by Gasteiger charge is -2.06. The van der Waals surface area contributed by atoms with Gasteiger partial charge >= 0.3 is 5.97 Å². The summed E-state index contributed by atoms with van der Waals surface area (Å²) in [6.07, 6.45) is 0. The number of rotatable bonds is 5. The topological polar surface area (TPSA) is 55.0 Å². The molecule has 4 nitrogen and oxygen atoms in total. The Hall–Kier alpha value is -1.95. The molecule has 7 heteroatoms. The number of esters is 1. The summed E-state index contributed by atoms with van der Waals surface area (Å²) in [5.41, 5.74) is 3.39. The highest BCUT2D eigenvalue weighted by Crippen LogP contribution is 2.37. The van der Waals surface area contributed by atoms with Gasteiger partial charge in [-0.05, 0) is 29.8 Å². The molecule has 0 fully saturated rings. The van der Waals surface area contributed by atoms with Gasteiger partial charge < -0.3 is 4.74 Å². The van der Waals surface area contributed by atoms with Gasteiger partial charge in [-0.1, -0.05) is 59.2 Å². The lowest BCUT2D eigenvalue weighted by molar-refractivity contribution is -0.138. The first-order valence-corrected chi connectivity index (χ1v) is 9.15. The highest BCUT2D eigenvalue weighted by atomic mass is 35.5. The summed E-state index contributed by atoms with van der Waals surface area (Å²) in [6, 6.07) is 15.3. The van der Waals surface area contributed by atoms with Gasteiger partial charge in [0, 0.05) is 28.0 Å². The van der Waals surface area contributed by atoms with Crippen molar-refractivity contribution in [2.75, 3.05) is 5.94 Å². The Balaban J connectivity index is 1.86. The largest absolute Gasteiger partial charge is 0.454 e. The van der Waals surface area contributed by atoms with Crippen molar-refractivity contribution in [1.82, 2.24) is 10.2 Å². The first-order chi connectivity index (χ1) is 12.0. The monoisotopic (exact) mass is 392 g/mol. The van der Waals surface area contributed by atoms with Crippen LogP contribution in [0, 0.1) is 0 Å². The molecule has 0 aliphatic rings. The molecule has 0 aliphatic heterocycles. The SMILES string of the molecule is CC(=O)OCSc1ccc(-c2n[nH]c(Cl)c2-c2cccc(Cl)c2)cc1. The number of aromatic nitrogens is 2. The molecule has 0 aliphatic carbocycles. The highest BCUT2D eigenvalue weighted by molar-refractivity contribution is 7.99. The molecule has 3 rings (SSSR count). The smallest absolute Gasteiger partial charge is 0.303 e. The summed E-state index contributed by atoms with van der Waals surface area (Å²) in [7, 11) is 0. The normalized spacial score (nSPS) is 10.7. The summed E-state index contributed by atoms with van der Waals surface area (Å²) in [5.74, 6) is -0.00196. The molecule has 2 aromatic carbocycles. The van der Waals surface area contributed by atoms with Gasteiger partial charge in [0.05, 0.1) is 0 Å². The second-order valence-electron chi connectivity index (χ2n) is 5.19. The molecular formula is C18H14Cl2N2O2S. The molecule has 0 saturated heterocycles. The molecule has 3 aromatic rings. The Kier molecular flexibility index (Phi) is 5.68. The van der Waals surface area contributed by atoms with Crippen LogP contribution in [0.5, 0.6) is 0 Å². The maximum absolute atomic E-state index is 10.8. The van der Waals surface area contributed by atoms with Gasteiger partial charge in [-0.2, -0.15) is 5.10 Å². The average molecular weight is 393 g/mol. The number of nitrogens with zero attached hydrogens (tertiary/aromatic N) is 1. The van der Waals surface area contributed by atoms with Gasteiger partial charge in [-0.25, -0.2) is 0 Å². The molecule has 0 unspecified atom stereocenters. The van der Waals surface area contributed by atoms with Crippen molar-refractivity contribution in [3.05, 3.63) is 58.7 Å². The number of H-pyrrole nitrogens is 1. The van der Waals surface area contributed by atoms with E-state index in [-0.39, 0.29) is 11.9 Å². The second kappa shape index (κ2) is 7.95. The zero-order valence-corrected chi connectivity index (χ0v) is 15.6. The van der Waals surface area contributed by atoms with Crippen molar-refractivity contribution in [1.29, 1.82) is 0 Å². The number of aromatic amines is 1. The van der Waals surface area contributed by atoms with Gasteiger partial charge in [-0.15, -0.1) is 0 Å². The van der Waals surface area contributed by atoms with Crippen LogP contribution < -0.4 is 0 Å². The predicted molar refractivity (Wildman–Crippen MR) is 102 cm³/mol. The van der Waals surface area contributed by atoms with Gasteiger partial charge in [-0.3, -0.25) is 9.89 Å². The molecular weight excluding hydrogens is 379 g/mol. The van der Waals surface area contributed by atoms with E-state index in [0.717, 1.165) is 27.3 Å². The molecule has 0 bridgehead atoms. The highest BCUT2D eigenvalue weighted by Gasteiger charge is 2.16. The summed E-state index contributed by atoms with van der Waals surface area (Å²) >= 11 is 13.8. The number of ether oxygens (including phenoxy) is 1. The van der Waals surface area contributed by atoms with Crippen molar-refractivity contribution in [2.24, 2.45) is 0 Å². The van der Waals surface area contributed by atoms with E-state index >= 15 is 0 Å². The van der Waals surface area contributed by atoms with Crippen LogP contribution in [0.1, 0.15) is 6.92 Å². The molecule has 1 heterocycles. The zero-order chi connectivity index (χ0) is 17.8. The minimum absolute atomic E-state index is 0.288. The van der Waals surface area contributed by atoms with Crippen molar-refractivity contribution in [3.63, 3.8) is 0 Å². The van der Waals surface area contributed by atoms with Crippen molar-refractivity contribution < 1.29 is 9.53 Å². The number of halogens is 2. The Bertz CT molecular complexity index is 894. The van der Waals surface area contributed by atoms with Crippen LogP contribution in [0.4, 0.5) is 0 Å². The maximum atomic E-state index is 10.8. The van der Waals surface area contributed by atoms with E-state index in [0.29, 0.717) is 10.2 Å².